The van der Waals surface area contributed by atoms with E-state index >= 15 is 0 Å². The van der Waals surface area contributed by atoms with Gasteiger partial charge in [0.1, 0.15) is 0 Å². The standard InChI is InChI=1S/C12H19O2.3C4H9.Sn/c1-5-7-9-12(8-6-2,10-13-3)11-14-4;3*1-3-4-2;/h2,5,7H,1,8-11H2,3-4H3;3*1,3-4H2,2H3;/b7-5+;;;;. The third-order valence-electron chi connectivity index (χ3n) is 5.83. The molecule has 0 spiro atoms. The molecule has 0 heterocycles. The molecule has 0 saturated heterocycles. The molecule has 3 heteroatoms. The zero-order valence-electron chi connectivity index (χ0n) is 18.9. The SMILES string of the molecule is C#CCC(C/C=C/[CH2][Sn]([CH2]CCC)([CH2]CCC)[CH2]CCC)(COC)COC. The van der Waals surface area contributed by atoms with E-state index in [4.69, 9.17) is 15.9 Å². The zero-order valence-corrected chi connectivity index (χ0v) is 21.8. The number of methoxy groups -OCH3 is 2. The van der Waals surface area contributed by atoms with Crippen molar-refractivity contribution < 1.29 is 9.47 Å². The molecule has 0 aliphatic heterocycles. The van der Waals surface area contributed by atoms with E-state index in [1.165, 1.54) is 43.0 Å². The normalized spacial score (nSPS) is 12.6. The van der Waals surface area contributed by atoms with Crippen molar-refractivity contribution in [1.82, 2.24) is 0 Å². The second-order valence-corrected chi connectivity index (χ2v) is 22.4. The maximum absolute atomic E-state index is 5.64. The Morgan fingerprint density at radius 1 is 0.852 bits per heavy atom. The summed E-state index contributed by atoms with van der Waals surface area (Å²) in [4.78, 5) is 0. The van der Waals surface area contributed by atoms with Crippen molar-refractivity contribution in [2.75, 3.05) is 27.4 Å². The number of ether oxygens (including phenoxy) is 2. The van der Waals surface area contributed by atoms with Gasteiger partial charge in [-0.3, -0.25) is 0 Å². The third-order valence-corrected chi connectivity index (χ3v) is 21.1. The van der Waals surface area contributed by atoms with Gasteiger partial charge in [0.2, 0.25) is 0 Å². The predicted octanol–water partition coefficient (Wildman–Crippen LogP) is 7.08. The first-order valence-electron chi connectivity index (χ1n) is 11.1. The maximum atomic E-state index is 5.64. The van der Waals surface area contributed by atoms with Gasteiger partial charge in [0, 0.05) is 0 Å². The Hall–Kier alpha value is 0.0187. The van der Waals surface area contributed by atoms with Crippen molar-refractivity contribution in [3.05, 3.63) is 12.2 Å². The first kappa shape index (κ1) is 27.0. The Balaban J connectivity index is 5.13. The number of hydrogen-bond acceptors (Lipinski definition) is 2. The monoisotopic (exact) mass is 486 g/mol. The van der Waals surface area contributed by atoms with E-state index in [0.29, 0.717) is 19.6 Å². The van der Waals surface area contributed by atoms with Crippen LogP contribution in [0.5, 0.6) is 0 Å². The molecule has 0 unspecified atom stereocenters. The fourth-order valence-corrected chi connectivity index (χ4v) is 19.4. The van der Waals surface area contributed by atoms with Gasteiger partial charge in [-0.1, -0.05) is 0 Å². The van der Waals surface area contributed by atoms with Crippen LogP contribution < -0.4 is 0 Å². The first-order chi connectivity index (χ1) is 13.1. The van der Waals surface area contributed by atoms with Gasteiger partial charge in [-0.15, -0.1) is 0 Å². The van der Waals surface area contributed by atoms with Crippen molar-refractivity contribution in [2.24, 2.45) is 5.41 Å². The molecule has 0 aliphatic carbocycles. The van der Waals surface area contributed by atoms with Crippen LogP contribution in [0.15, 0.2) is 12.2 Å². The number of unbranched alkanes of at least 4 members (excludes halogenated alkanes) is 3. The summed E-state index contributed by atoms with van der Waals surface area (Å²) in [6.45, 7) is 8.35. The summed E-state index contributed by atoms with van der Waals surface area (Å²) in [6.07, 6.45) is 20.5. The Morgan fingerprint density at radius 2 is 1.33 bits per heavy atom. The van der Waals surface area contributed by atoms with Crippen LogP contribution in [0.4, 0.5) is 0 Å². The van der Waals surface area contributed by atoms with E-state index in [2.05, 4.69) is 38.8 Å². The molecular weight excluding hydrogens is 439 g/mol. The van der Waals surface area contributed by atoms with E-state index in [9.17, 15) is 0 Å². The summed E-state index contributed by atoms with van der Waals surface area (Å²) in [5.74, 6) is 2.84. The number of terminal acetylenes is 1. The van der Waals surface area contributed by atoms with Crippen molar-refractivity contribution in [3.8, 4) is 12.3 Å². The van der Waals surface area contributed by atoms with Crippen LogP contribution in [0.3, 0.4) is 0 Å². The van der Waals surface area contributed by atoms with Crippen LogP contribution >= 0.6 is 0 Å². The second-order valence-electron chi connectivity index (χ2n) is 8.44. The van der Waals surface area contributed by atoms with Crippen LogP contribution in [0.25, 0.3) is 0 Å². The molecule has 0 rings (SSSR count). The van der Waals surface area contributed by atoms with Gasteiger partial charge in [-0.2, -0.15) is 0 Å². The molecule has 27 heavy (non-hydrogen) atoms. The minimum absolute atomic E-state index is 0.0802. The molecule has 0 atom stereocenters. The Bertz CT molecular complexity index is 383. The molecule has 2 nitrogen and oxygen atoms in total. The van der Waals surface area contributed by atoms with Gasteiger partial charge in [-0.05, 0) is 0 Å². The average Bonchev–Trinajstić information content (AvgIpc) is 2.66. The van der Waals surface area contributed by atoms with Crippen LogP contribution in [0, 0.1) is 17.8 Å². The summed E-state index contributed by atoms with van der Waals surface area (Å²) in [6, 6.07) is 0. The topological polar surface area (TPSA) is 18.5 Å². The Kier molecular flexibility index (Phi) is 16.9. The molecule has 0 fully saturated rings. The fourth-order valence-electron chi connectivity index (χ4n) is 4.17. The van der Waals surface area contributed by atoms with Crippen LogP contribution in [-0.2, 0) is 9.47 Å². The van der Waals surface area contributed by atoms with Crippen LogP contribution in [0.2, 0.25) is 17.7 Å². The van der Waals surface area contributed by atoms with Gasteiger partial charge >= 0.3 is 175 Å². The summed E-state index contributed by atoms with van der Waals surface area (Å²) >= 11 is -2.06. The van der Waals surface area contributed by atoms with Gasteiger partial charge < -0.3 is 0 Å². The fraction of sp³-hybridized carbons (Fsp3) is 0.833. The van der Waals surface area contributed by atoms with E-state index in [0.717, 1.165) is 6.42 Å². The van der Waals surface area contributed by atoms with E-state index in [1.807, 2.05) is 0 Å². The minimum atomic E-state index is -2.06. The van der Waals surface area contributed by atoms with Crippen molar-refractivity contribution in [2.45, 2.75) is 89.9 Å². The molecule has 0 aliphatic rings. The molecule has 0 aromatic rings. The molecule has 0 bridgehead atoms. The predicted molar refractivity (Wildman–Crippen MR) is 123 cm³/mol. The van der Waals surface area contributed by atoms with Crippen molar-refractivity contribution in [1.29, 1.82) is 0 Å². The van der Waals surface area contributed by atoms with Gasteiger partial charge in [-0.25, -0.2) is 0 Å². The molecule has 0 N–H and O–H groups in total. The molecular formula is C24H46O2Sn. The van der Waals surface area contributed by atoms with E-state index in [1.54, 1.807) is 27.5 Å². The van der Waals surface area contributed by atoms with Crippen LogP contribution in [-0.4, -0.2) is 45.8 Å². The second kappa shape index (κ2) is 16.9. The molecule has 158 valence electrons. The van der Waals surface area contributed by atoms with Gasteiger partial charge in [0.15, 0.2) is 0 Å². The summed E-state index contributed by atoms with van der Waals surface area (Å²) < 4.78 is 17.1. The molecule has 0 saturated carbocycles. The summed E-state index contributed by atoms with van der Waals surface area (Å²) in [5, 5.41) is 0. The number of allylic oxidation sites excluding steroid dienone is 2. The van der Waals surface area contributed by atoms with Crippen LogP contribution in [0.1, 0.15) is 72.1 Å². The Morgan fingerprint density at radius 3 is 1.70 bits per heavy atom. The van der Waals surface area contributed by atoms with Crippen molar-refractivity contribution in [3.63, 3.8) is 0 Å². The summed E-state index contributed by atoms with van der Waals surface area (Å²) in [5.41, 5.74) is -0.0802. The quantitative estimate of drug-likeness (QED) is 0.117. The van der Waals surface area contributed by atoms with E-state index in [-0.39, 0.29) is 5.41 Å². The third kappa shape index (κ3) is 11.6. The molecule has 0 radical (unpaired) electrons. The Labute approximate surface area is 174 Å². The molecule has 0 amide bonds. The number of rotatable bonds is 18. The van der Waals surface area contributed by atoms with E-state index < -0.39 is 18.4 Å². The van der Waals surface area contributed by atoms with Gasteiger partial charge in [0.25, 0.3) is 0 Å². The van der Waals surface area contributed by atoms with Crippen molar-refractivity contribution >= 4 is 18.4 Å². The number of hydrogen-bond donors (Lipinski definition) is 0. The first-order valence-corrected chi connectivity index (χ1v) is 19.2. The molecule has 0 aromatic heterocycles. The van der Waals surface area contributed by atoms with Gasteiger partial charge in [0.05, 0.1) is 0 Å². The molecule has 0 aromatic carbocycles. The average molecular weight is 485 g/mol. The summed E-state index contributed by atoms with van der Waals surface area (Å²) in [7, 11) is 3.51. The zero-order chi connectivity index (χ0) is 20.4.